The Morgan fingerprint density at radius 2 is 2.00 bits per heavy atom. The third kappa shape index (κ3) is 3.79. The number of benzene rings is 1. The molecule has 0 aliphatic heterocycles. The average molecular weight is 405 g/mol. The molecule has 0 saturated carbocycles. The highest BCUT2D eigenvalue weighted by Gasteiger charge is 2.24. The fraction of sp³-hybridized carbons (Fsp3) is 0.143. The van der Waals surface area contributed by atoms with Crippen LogP contribution in [0.1, 0.15) is 16.1 Å². The van der Waals surface area contributed by atoms with Crippen LogP contribution in [0.5, 0.6) is 0 Å². The molecule has 2 aromatic rings. The number of nitrogens with zero attached hydrogens (tertiary/aromatic N) is 2. The monoisotopic (exact) mass is 404 g/mol. The highest BCUT2D eigenvalue weighted by atomic mass is 35.5. The molecule has 8 nitrogen and oxygen atoms in total. The van der Waals surface area contributed by atoms with Crippen LogP contribution in [0.15, 0.2) is 30.5 Å². The molecule has 0 amide bonds. The number of nitrogens with one attached hydrogen (secondary N) is 1. The fourth-order valence-corrected chi connectivity index (χ4v) is 3.22. The highest BCUT2D eigenvalue weighted by Crippen LogP contribution is 2.32. The number of rotatable bonds is 4. The van der Waals surface area contributed by atoms with Gasteiger partial charge in [-0.25, -0.2) is 23.0 Å². The molecule has 3 N–H and O–H groups in total. The van der Waals surface area contributed by atoms with Gasteiger partial charge in [0, 0.05) is 11.8 Å². The Hall–Kier alpha value is -2.07. The van der Waals surface area contributed by atoms with Gasteiger partial charge in [-0.15, -0.1) is 0 Å². The molecule has 134 valence electrons. The summed E-state index contributed by atoms with van der Waals surface area (Å²) in [7, 11) is -2.67. The molecule has 1 aromatic carbocycles. The zero-order valence-corrected chi connectivity index (χ0v) is 15.5. The van der Waals surface area contributed by atoms with Gasteiger partial charge in [-0.3, -0.25) is 10.4 Å². The predicted molar refractivity (Wildman–Crippen MR) is 96.0 cm³/mol. The number of nitrogens with two attached hydrogens (primary N) is 1. The third-order valence-electron chi connectivity index (χ3n) is 3.24. The second-order valence-corrected chi connectivity index (χ2v) is 7.60. The number of anilines is 1. The molecule has 0 radical (unpaired) electrons. The summed E-state index contributed by atoms with van der Waals surface area (Å²) in [5, 5.41) is 9.49. The number of carbonyl (C=O) groups is 1. The Morgan fingerprint density at radius 3 is 2.56 bits per heavy atom. The van der Waals surface area contributed by atoms with E-state index in [1.165, 1.54) is 12.1 Å². The summed E-state index contributed by atoms with van der Waals surface area (Å²) in [6, 6.07) is 5.88. The van der Waals surface area contributed by atoms with Crippen LogP contribution < -0.4 is 10.9 Å². The lowest BCUT2D eigenvalue weighted by Crippen LogP contribution is -2.37. The number of esters is 1. The molecule has 1 aromatic heterocycles. The number of methoxy groups -OCH3 is 1. The van der Waals surface area contributed by atoms with Gasteiger partial charge in [0.25, 0.3) is 0 Å². The minimum absolute atomic E-state index is 0.0735. The second-order valence-electron chi connectivity index (χ2n) is 4.96. The van der Waals surface area contributed by atoms with Crippen LogP contribution >= 0.6 is 23.2 Å². The van der Waals surface area contributed by atoms with E-state index in [1.54, 1.807) is 12.1 Å². The van der Waals surface area contributed by atoms with Crippen molar-refractivity contribution in [3.05, 3.63) is 51.8 Å². The number of carbonyl (C=O) groups excluding carboxylic acids is 1. The van der Waals surface area contributed by atoms with Gasteiger partial charge in [-0.2, -0.15) is 0 Å². The summed E-state index contributed by atoms with van der Waals surface area (Å²) in [5.41, 5.74) is 0.0607. The molecule has 0 atom stereocenters. The lowest BCUT2D eigenvalue weighted by molar-refractivity contribution is 0.0593. The molecule has 25 heavy (non-hydrogen) atoms. The maximum atomic E-state index is 11.8. The van der Waals surface area contributed by atoms with Crippen LogP contribution in [-0.2, 0) is 14.8 Å². The Labute approximate surface area is 154 Å². The Bertz CT molecular complexity index is 956. The Balaban J connectivity index is 2.51. The van der Waals surface area contributed by atoms with Crippen molar-refractivity contribution in [1.29, 1.82) is 5.41 Å². The van der Waals surface area contributed by atoms with Crippen LogP contribution in [0.25, 0.3) is 0 Å². The molecule has 0 fully saturated rings. The summed E-state index contributed by atoms with van der Waals surface area (Å²) in [4.78, 5) is 11.8. The van der Waals surface area contributed by atoms with Crippen LogP contribution in [0, 0.1) is 5.41 Å². The zero-order chi connectivity index (χ0) is 18.9. The SMILES string of the molecule is COC(=O)c1cc(C(=N)N(N)c2cccc(Cl)c2Cl)cn1S(C)(=O)=O. The van der Waals surface area contributed by atoms with E-state index in [-0.39, 0.29) is 32.8 Å². The number of aromatic nitrogens is 1. The molecule has 1 heterocycles. The van der Waals surface area contributed by atoms with Crippen molar-refractivity contribution in [2.75, 3.05) is 18.4 Å². The first-order chi connectivity index (χ1) is 11.6. The van der Waals surface area contributed by atoms with E-state index in [0.717, 1.165) is 28.5 Å². The van der Waals surface area contributed by atoms with Crippen LogP contribution in [-0.4, -0.2) is 37.6 Å². The normalized spacial score (nSPS) is 11.2. The smallest absolute Gasteiger partial charge is 0.355 e. The minimum atomic E-state index is -3.79. The van der Waals surface area contributed by atoms with E-state index in [4.69, 9.17) is 34.5 Å². The van der Waals surface area contributed by atoms with Crippen molar-refractivity contribution < 1.29 is 17.9 Å². The quantitative estimate of drug-likeness (QED) is 0.264. The lowest BCUT2D eigenvalue weighted by Gasteiger charge is -2.20. The van der Waals surface area contributed by atoms with Crippen molar-refractivity contribution in [2.45, 2.75) is 0 Å². The average Bonchev–Trinajstić information content (AvgIpc) is 3.01. The number of hydrazine groups is 1. The van der Waals surface area contributed by atoms with Crippen molar-refractivity contribution >= 4 is 50.7 Å². The van der Waals surface area contributed by atoms with Crippen molar-refractivity contribution in [3.63, 3.8) is 0 Å². The van der Waals surface area contributed by atoms with Gasteiger partial charge >= 0.3 is 5.97 Å². The topological polar surface area (TPSA) is 118 Å². The lowest BCUT2D eigenvalue weighted by atomic mass is 10.2. The molecule has 0 aliphatic carbocycles. The largest absolute Gasteiger partial charge is 0.464 e. The molecular formula is C14H14Cl2N4O4S. The second kappa shape index (κ2) is 7.04. The number of hydrogen-bond acceptors (Lipinski definition) is 6. The standard InChI is InChI=1S/C14H14Cl2N4O4S/c1-24-14(21)11-6-8(7-19(11)25(2,22)23)13(17)20(18)10-5-3-4-9(15)12(10)16/h3-7,17H,18H2,1-2H3. The van der Waals surface area contributed by atoms with Crippen molar-refractivity contribution in [2.24, 2.45) is 5.84 Å². The number of amidine groups is 1. The number of hydrogen-bond donors (Lipinski definition) is 2. The zero-order valence-electron chi connectivity index (χ0n) is 13.2. The van der Waals surface area contributed by atoms with Gasteiger partial charge in [0.2, 0.25) is 10.0 Å². The molecule has 0 aliphatic rings. The predicted octanol–water partition coefficient (Wildman–Crippen LogP) is 2.09. The summed E-state index contributed by atoms with van der Waals surface area (Å²) in [6.07, 6.45) is 2.02. The van der Waals surface area contributed by atoms with Crippen LogP contribution in [0.2, 0.25) is 10.0 Å². The molecule has 11 heteroatoms. The molecular weight excluding hydrogens is 391 g/mol. The first-order valence-electron chi connectivity index (χ1n) is 6.67. The van der Waals surface area contributed by atoms with E-state index >= 15 is 0 Å². The van der Waals surface area contributed by atoms with Gasteiger partial charge in [-0.05, 0) is 18.2 Å². The minimum Gasteiger partial charge on any atom is -0.464 e. The highest BCUT2D eigenvalue weighted by molar-refractivity contribution is 7.89. The number of halogens is 2. The summed E-state index contributed by atoms with van der Waals surface area (Å²) >= 11 is 12.0. The summed E-state index contributed by atoms with van der Waals surface area (Å²) < 4.78 is 29.0. The van der Waals surface area contributed by atoms with Crippen molar-refractivity contribution in [1.82, 2.24) is 3.97 Å². The molecule has 0 bridgehead atoms. The fourth-order valence-electron chi connectivity index (χ4n) is 2.04. The van der Waals surface area contributed by atoms with Crippen LogP contribution in [0.4, 0.5) is 5.69 Å². The van der Waals surface area contributed by atoms with Crippen LogP contribution in [0.3, 0.4) is 0 Å². The molecule has 2 rings (SSSR count). The van der Waals surface area contributed by atoms with E-state index in [9.17, 15) is 13.2 Å². The van der Waals surface area contributed by atoms with Crippen molar-refractivity contribution in [3.8, 4) is 0 Å². The summed E-state index contributed by atoms with van der Waals surface area (Å²) in [5.74, 6) is 4.75. The maximum absolute atomic E-state index is 11.8. The maximum Gasteiger partial charge on any atom is 0.355 e. The number of ether oxygens (including phenoxy) is 1. The first kappa shape index (κ1) is 19.3. The van der Waals surface area contributed by atoms with E-state index in [2.05, 4.69) is 4.74 Å². The molecule has 0 saturated heterocycles. The third-order valence-corrected chi connectivity index (χ3v) is 5.07. The first-order valence-corrected chi connectivity index (χ1v) is 9.27. The van der Waals surface area contributed by atoms with Gasteiger partial charge in [0.15, 0.2) is 0 Å². The van der Waals surface area contributed by atoms with Gasteiger partial charge in [-0.1, -0.05) is 29.3 Å². The van der Waals surface area contributed by atoms with E-state index < -0.39 is 16.0 Å². The van der Waals surface area contributed by atoms with Gasteiger partial charge < -0.3 is 4.74 Å². The van der Waals surface area contributed by atoms with Gasteiger partial charge in [0.1, 0.15) is 11.5 Å². The Kier molecular flexibility index (Phi) is 5.43. The van der Waals surface area contributed by atoms with E-state index in [1.807, 2.05) is 0 Å². The summed E-state index contributed by atoms with van der Waals surface area (Å²) in [6.45, 7) is 0. The molecule has 0 unspecified atom stereocenters. The molecule has 0 spiro atoms. The van der Waals surface area contributed by atoms with Gasteiger partial charge in [0.05, 0.1) is 29.1 Å². The van der Waals surface area contributed by atoms with E-state index in [0.29, 0.717) is 0 Å². The Morgan fingerprint density at radius 1 is 1.36 bits per heavy atom.